The third-order valence-electron chi connectivity index (χ3n) is 1.81. The number of ether oxygens (including phenoxy) is 1. The molecule has 0 N–H and O–H groups in total. The Balaban J connectivity index is 2.98. The predicted molar refractivity (Wildman–Crippen MR) is 47.3 cm³/mol. The summed E-state index contributed by atoms with van der Waals surface area (Å²) >= 11 is 0. The minimum absolute atomic E-state index is 0.230. The minimum Gasteiger partial charge on any atom is -0.483 e. The summed E-state index contributed by atoms with van der Waals surface area (Å²) in [6.07, 6.45) is 0.891. The zero-order valence-electron chi connectivity index (χ0n) is 7.72. The van der Waals surface area contributed by atoms with E-state index in [9.17, 15) is 13.6 Å². The number of rotatable bonds is 4. The van der Waals surface area contributed by atoms with E-state index in [1.165, 1.54) is 12.1 Å². The van der Waals surface area contributed by atoms with Crippen molar-refractivity contribution >= 4 is 6.29 Å². The van der Waals surface area contributed by atoms with Crippen LogP contribution in [0.5, 0.6) is 5.75 Å². The number of halogens is 2. The van der Waals surface area contributed by atoms with Crippen molar-refractivity contribution in [1.29, 1.82) is 0 Å². The SMILES string of the molecule is CCc1ccc(OCC=O)c(F)c1F. The Kier molecular flexibility index (Phi) is 3.56. The van der Waals surface area contributed by atoms with E-state index < -0.39 is 11.6 Å². The molecule has 0 aliphatic rings. The second kappa shape index (κ2) is 4.69. The van der Waals surface area contributed by atoms with Crippen molar-refractivity contribution in [2.75, 3.05) is 6.61 Å². The van der Waals surface area contributed by atoms with Crippen LogP contribution < -0.4 is 4.74 Å². The Morgan fingerprint density at radius 2 is 2.07 bits per heavy atom. The summed E-state index contributed by atoms with van der Waals surface area (Å²) in [6.45, 7) is 1.45. The molecule has 4 heteroatoms. The summed E-state index contributed by atoms with van der Waals surface area (Å²) in [4.78, 5) is 9.96. The average molecular weight is 200 g/mol. The maximum absolute atomic E-state index is 13.2. The predicted octanol–water partition coefficient (Wildman–Crippen LogP) is 2.10. The lowest BCUT2D eigenvalue weighted by Gasteiger charge is -2.06. The molecule has 0 saturated carbocycles. The van der Waals surface area contributed by atoms with Crippen LogP contribution in [0, 0.1) is 11.6 Å². The van der Waals surface area contributed by atoms with Gasteiger partial charge in [0.15, 0.2) is 17.9 Å². The van der Waals surface area contributed by atoms with E-state index in [4.69, 9.17) is 0 Å². The molecule has 0 radical (unpaired) electrons. The van der Waals surface area contributed by atoms with Crippen LogP contribution in [0.3, 0.4) is 0 Å². The van der Waals surface area contributed by atoms with Crippen LogP contribution in [0.25, 0.3) is 0 Å². The largest absolute Gasteiger partial charge is 0.483 e. The Morgan fingerprint density at radius 1 is 1.36 bits per heavy atom. The Hall–Kier alpha value is -1.45. The van der Waals surface area contributed by atoms with Gasteiger partial charge in [0.1, 0.15) is 6.61 Å². The standard InChI is InChI=1S/C10H10F2O2/c1-2-7-3-4-8(14-6-5-13)10(12)9(7)11/h3-5H,2,6H2,1H3. The van der Waals surface area contributed by atoms with Gasteiger partial charge in [-0.2, -0.15) is 4.39 Å². The van der Waals surface area contributed by atoms with E-state index >= 15 is 0 Å². The molecule has 2 nitrogen and oxygen atoms in total. The first-order chi connectivity index (χ1) is 6.70. The van der Waals surface area contributed by atoms with Crippen LogP contribution in [0.1, 0.15) is 12.5 Å². The van der Waals surface area contributed by atoms with Gasteiger partial charge >= 0.3 is 0 Å². The molecule has 0 bridgehead atoms. The van der Waals surface area contributed by atoms with Crippen molar-refractivity contribution in [3.8, 4) is 5.75 Å². The number of benzene rings is 1. The Bertz CT molecular complexity index is 337. The lowest BCUT2D eigenvalue weighted by molar-refractivity contribution is -0.109. The van der Waals surface area contributed by atoms with E-state index in [2.05, 4.69) is 4.74 Å². The van der Waals surface area contributed by atoms with E-state index in [0.717, 1.165) is 0 Å². The maximum Gasteiger partial charge on any atom is 0.200 e. The highest BCUT2D eigenvalue weighted by Gasteiger charge is 2.12. The van der Waals surface area contributed by atoms with Crippen molar-refractivity contribution in [3.05, 3.63) is 29.3 Å². The van der Waals surface area contributed by atoms with Crippen LogP contribution in [0.4, 0.5) is 8.78 Å². The van der Waals surface area contributed by atoms with Gasteiger partial charge in [-0.15, -0.1) is 0 Å². The molecule has 0 atom stereocenters. The van der Waals surface area contributed by atoms with Gasteiger partial charge in [-0.3, -0.25) is 4.79 Å². The van der Waals surface area contributed by atoms with Crippen molar-refractivity contribution in [3.63, 3.8) is 0 Å². The van der Waals surface area contributed by atoms with Crippen LogP contribution in [0.2, 0.25) is 0 Å². The van der Waals surface area contributed by atoms with E-state index in [-0.39, 0.29) is 12.4 Å². The van der Waals surface area contributed by atoms with Gasteiger partial charge < -0.3 is 4.74 Å². The van der Waals surface area contributed by atoms with Gasteiger partial charge in [-0.05, 0) is 18.1 Å². The molecular weight excluding hydrogens is 190 g/mol. The number of carbonyl (C=O) groups is 1. The Morgan fingerprint density at radius 3 is 2.64 bits per heavy atom. The molecule has 0 unspecified atom stereocenters. The highest BCUT2D eigenvalue weighted by Crippen LogP contribution is 2.22. The number of hydrogen-bond donors (Lipinski definition) is 0. The van der Waals surface area contributed by atoms with Gasteiger partial charge in [0.25, 0.3) is 0 Å². The van der Waals surface area contributed by atoms with Gasteiger partial charge in [0, 0.05) is 0 Å². The normalized spacial score (nSPS) is 9.93. The fourth-order valence-corrected chi connectivity index (χ4v) is 1.08. The number of hydrogen-bond acceptors (Lipinski definition) is 2. The molecule has 1 rings (SSSR count). The highest BCUT2D eigenvalue weighted by atomic mass is 19.2. The van der Waals surface area contributed by atoms with E-state index in [1.54, 1.807) is 6.92 Å². The van der Waals surface area contributed by atoms with Gasteiger partial charge in [-0.1, -0.05) is 13.0 Å². The molecule has 0 fully saturated rings. The molecule has 0 aromatic heterocycles. The smallest absolute Gasteiger partial charge is 0.200 e. The fourth-order valence-electron chi connectivity index (χ4n) is 1.08. The van der Waals surface area contributed by atoms with Gasteiger partial charge in [-0.25, -0.2) is 4.39 Å². The lowest BCUT2D eigenvalue weighted by Crippen LogP contribution is -2.02. The molecule has 14 heavy (non-hydrogen) atoms. The highest BCUT2D eigenvalue weighted by molar-refractivity contribution is 5.51. The summed E-state index contributed by atoms with van der Waals surface area (Å²) in [6, 6.07) is 2.76. The van der Waals surface area contributed by atoms with Crippen molar-refractivity contribution in [1.82, 2.24) is 0 Å². The first-order valence-corrected chi connectivity index (χ1v) is 4.24. The van der Waals surface area contributed by atoms with E-state index in [0.29, 0.717) is 18.3 Å². The third-order valence-corrected chi connectivity index (χ3v) is 1.81. The third kappa shape index (κ3) is 2.07. The summed E-state index contributed by atoms with van der Waals surface area (Å²) in [5.41, 5.74) is 0.293. The second-order valence-electron chi connectivity index (χ2n) is 2.68. The molecule has 76 valence electrons. The van der Waals surface area contributed by atoms with Crippen LogP contribution in [-0.2, 0) is 11.2 Å². The summed E-state index contributed by atoms with van der Waals surface area (Å²) in [7, 11) is 0. The average Bonchev–Trinajstić information content (AvgIpc) is 2.20. The van der Waals surface area contributed by atoms with Crippen molar-refractivity contribution in [2.24, 2.45) is 0 Å². The summed E-state index contributed by atoms with van der Waals surface area (Å²) < 4.78 is 31.0. The number of aryl methyl sites for hydroxylation is 1. The zero-order chi connectivity index (χ0) is 10.6. The summed E-state index contributed by atoms with van der Waals surface area (Å²) in [5.74, 6) is -2.17. The minimum atomic E-state index is -1.04. The van der Waals surface area contributed by atoms with Gasteiger partial charge in [0.2, 0.25) is 5.82 Å². The van der Waals surface area contributed by atoms with Crippen LogP contribution in [-0.4, -0.2) is 12.9 Å². The molecule has 1 aromatic rings. The molecule has 0 spiro atoms. The maximum atomic E-state index is 13.2. The quantitative estimate of drug-likeness (QED) is 0.696. The topological polar surface area (TPSA) is 26.3 Å². The monoisotopic (exact) mass is 200 g/mol. The molecule has 0 amide bonds. The first kappa shape index (κ1) is 10.6. The molecule has 0 heterocycles. The lowest BCUT2D eigenvalue weighted by atomic mass is 10.1. The number of carbonyl (C=O) groups excluding carboxylic acids is 1. The van der Waals surface area contributed by atoms with Gasteiger partial charge in [0.05, 0.1) is 0 Å². The van der Waals surface area contributed by atoms with Crippen molar-refractivity contribution in [2.45, 2.75) is 13.3 Å². The molecule has 1 aromatic carbocycles. The van der Waals surface area contributed by atoms with Crippen LogP contribution >= 0.6 is 0 Å². The molecule has 0 aliphatic heterocycles. The Labute approximate surface area is 80.5 Å². The van der Waals surface area contributed by atoms with Crippen LogP contribution in [0.15, 0.2) is 12.1 Å². The molecular formula is C10H10F2O2. The molecule has 0 aliphatic carbocycles. The van der Waals surface area contributed by atoms with E-state index in [1.807, 2.05) is 0 Å². The molecule has 0 saturated heterocycles. The summed E-state index contributed by atoms with van der Waals surface area (Å²) in [5, 5.41) is 0. The first-order valence-electron chi connectivity index (χ1n) is 4.24. The second-order valence-corrected chi connectivity index (χ2v) is 2.68. The fraction of sp³-hybridized carbons (Fsp3) is 0.300. The zero-order valence-corrected chi connectivity index (χ0v) is 7.72. The number of aldehydes is 1. The van der Waals surface area contributed by atoms with Crippen molar-refractivity contribution < 1.29 is 18.3 Å².